The van der Waals surface area contributed by atoms with Crippen LogP contribution in [0.3, 0.4) is 0 Å². The third-order valence-electron chi connectivity index (χ3n) is 4.45. The molecular formula is C22H16Cl2N2O. The van der Waals surface area contributed by atoms with Gasteiger partial charge in [0.15, 0.2) is 5.78 Å². The molecule has 0 atom stereocenters. The molecule has 1 N–H and O–H groups in total. The molecule has 0 amide bonds. The van der Waals surface area contributed by atoms with E-state index < -0.39 is 0 Å². The van der Waals surface area contributed by atoms with E-state index in [4.69, 9.17) is 23.2 Å². The van der Waals surface area contributed by atoms with Crippen LogP contribution < -0.4 is 0 Å². The molecule has 0 spiro atoms. The first-order valence-electron chi connectivity index (χ1n) is 8.54. The monoisotopic (exact) mass is 394 g/mol. The van der Waals surface area contributed by atoms with Crippen molar-refractivity contribution in [2.45, 2.75) is 13.3 Å². The maximum Gasteiger partial charge on any atom is 0.167 e. The Kier molecular flexibility index (Phi) is 4.73. The smallest absolute Gasteiger partial charge is 0.167 e. The van der Waals surface area contributed by atoms with Crippen LogP contribution in [0.2, 0.25) is 10.0 Å². The van der Waals surface area contributed by atoms with Crippen LogP contribution in [0, 0.1) is 6.92 Å². The summed E-state index contributed by atoms with van der Waals surface area (Å²) in [5.41, 5.74) is 4.98. The zero-order chi connectivity index (χ0) is 19.0. The number of aromatic nitrogens is 2. The van der Waals surface area contributed by atoms with Gasteiger partial charge in [-0.1, -0.05) is 59.1 Å². The van der Waals surface area contributed by atoms with Crippen LogP contribution >= 0.6 is 23.2 Å². The fourth-order valence-corrected chi connectivity index (χ4v) is 3.71. The molecule has 1 heterocycles. The highest BCUT2D eigenvalue weighted by Gasteiger charge is 2.14. The first-order chi connectivity index (χ1) is 13.0. The summed E-state index contributed by atoms with van der Waals surface area (Å²) in [6, 6.07) is 18.8. The van der Waals surface area contributed by atoms with Crippen molar-refractivity contribution in [3.63, 3.8) is 0 Å². The standard InChI is InChI=1S/C22H16Cl2N2O/c1-13-4-2-5-14(10-13)11-20(27)15-8-9-18-19(12-15)26-22(25-18)21-16(23)6-3-7-17(21)24/h2-10,12H,11H2,1H3,(H,25,26). The molecule has 4 rings (SSSR count). The Morgan fingerprint density at radius 1 is 1.00 bits per heavy atom. The van der Waals surface area contributed by atoms with E-state index in [1.807, 2.05) is 43.3 Å². The van der Waals surface area contributed by atoms with Crippen LogP contribution in [-0.2, 0) is 6.42 Å². The molecule has 134 valence electrons. The van der Waals surface area contributed by atoms with Crippen LogP contribution in [0.5, 0.6) is 0 Å². The van der Waals surface area contributed by atoms with E-state index >= 15 is 0 Å². The van der Waals surface area contributed by atoms with Crippen LogP contribution in [0.4, 0.5) is 0 Å². The number of carbonyl (C=O) groups excluding carboxylic acids is 1. The molecule has 5 heteroatoms. The molecule has 0 saturated carbocycles. The molecule has 0 aliphatic rings. The van der Waals surface area contributed by atoms with Crippen molar-refractivity contribution >= 4 is 40.0 Å². The third kappa shape index (κ3) is 3.61. The summed E-state index contributed by atoms with van der Waals surface area (Å²) in [7, 11) is 0. The first-order valence-corrected chi connectivity index (χ1v) is 9.30. The van der Waals surface area contributed by atoms with Gasteiger partial charge in [0.1, 0.15) is 5.82 Å². The van der Waals surface area contributed by atoms with Gasteiger partial charge < -0.3 is 4.98 Å². The zero-order valence-corrected chi connectivity index (χ0v) is 16.1. The highest BCUT2D eigenvalue weighted by Crippen LogP contribution is 2.33. The molecule has 0 aliphatic heterocycles. The fourth-order valence-electron chi connectivity index (χ4n) is 3.14. The van der Waals surface area contributed by atoms with Crippen LogP contribution in [0.25, 0.3) is 22.4 Å². The predicted molar refractivity (Wildman–Crippen MR) is 111 cm³/mol. The lowest BCUT2D eigenvalue weighted by Crippen LogP contribution is -2.03. The number of hydrogen-bond acceptors (Lipinski definition) is 2. The van der Waals surface area contributed by atoms with Gasteiger partial charge in [-0.25, -0.2) is 4.98 Å². The van der Waals surface area contributed by atoms with Crippen molar-refractivity contribution in [2.75, 3.05) is 0 Å². The minimum absolute atomic E-state index is 0.0643. The number of halogens is 2. The Morgan fingerprint density at radius 2 is 1.74 bits per heavy atom. The van der Waals surface area contributed by atoms with Gasteiger partial charge in [-0.05, 0) is 42.8 Å². The van der Waals surface area contributed by atoms with Gasteiger partial charge in [-0.3, -0.25) is 4.79 Å². The summed E-state index contributed by atoms with van der Waals surface area (Å²) in [6.07, 6.45) is 0.366. The number of imidazole rings is 1. The van der Waals surface area contributed by atoms with Crippen molar-refractivity contribution in [2.24, 2.45) is 0 Å². The molecule has 0 unspecified atom stereocenters. The Hall–Kier alpha value is -2.62. The van der Waals surface area contributed by atoms with E-state index in [-0.39, 0.29) is 5.78 Å². The van der Waals surface area contributed by atoms with E-state index in [1.54, 1.807) is 24.3 Å². The third-order valence-corrected chi connectivity index (χ3v) is 5.08. The molecule has 0 fully saturated rings. The number of Topliss-reactive ketones (excluding diaryl/α,β-unsaturated/α-hetero) is 1. The lowest BCUT2D eigenvalue weighted by atomic mass is 10.0. The van der Waals surface area contributed by atoms with Crippen LogP contribution in [-0.4, -0.2) is 15.8 Å². The SMILES string of the molecule is Cc1cccc(CC(=O)c2ccc3nc(-c4c(Cl)cccc4Cl)[nH]c3c2)c1. The minimum atomic E-state index is 0.0643. The number of rotatable bonds is 4. The second kappa shape index (κ2) is 7.18. The van der Waals surface area contributed by atoms with E-state index in [9.17, 15) is 4.79 Å². The Labute approximate surface area is 167 Å². The largest absolute Gasteiger partial charge is 0.338 e. The second-order valence-corrected chi connectivity index (χ2v) is 7.32. The van der Waals surface area contributed by atoms with Crippen LogP contribution in [0.15, 0.2) is 60.7 Å². The highest BCUT2D eigenvalue weighted by atomic mass is 35.5. The lowest BCUT2D eigenvalue weighted by Gasteiger charge is -2.03. The molecule has 4 aromatic rings. The molecule has 27 heavy (non-hydrogen) atoms. The lowest BCUT2D eigenvalue weighted by molar-refractivity contribution is 0.0993. The summed E-state index contributed by atoms with van der Waals surface area (Å²) in [4.78, 5) is 20.5. The molecule has 1 aromatic heterocycles. The summed E-state index contributed by atoms with van der Waals surface area (Å²) < 4.78 is 0. The molecule has 0 aliphatic carbocycles. The van der Waals surface area contributed by atoms with Gasteiger partial charge in [0.25, 0.3) is 0 Å². The molecule has 0 saturated heterocycles. The van der Waals surface area contributed by atoms with Gasteiger partial charge in [0, 0.05) is 12.0 Å². The van der Waals surface area contributed by atoms with Gasteiger partial charge in [-0.2, -0.15) is 0 Å². The van der Waals surface area contributed by atoms with Gasteiger partial charge in [0.2, 0.25) is 0 Å². The maximum absolute atomic E-state index is 12.7. The van der Waals surface area contributed by atoms with Crippen molar-refractivity contribution in [1.82, 2.24) is 9.97 Å². The topological polar surface area (TPSA) is 45.8 Å². The molecule has 3 nitrogen and oxygen atoms in total. The van der Waals surface area contributed by atoms with Crippen LogP contribution in [0.1, 0.15) is 21.5 Å². The van der Waals surface area contributed by atoms with Crippen molar-refractivity contribution in [1.29, 1.82) is 0 Å². The van der Waals surface area contributed by atoms with Crippen molar-refractivity contribution in [3.8, 4) is 11.4 Å². The minimum Gasteiger partial charge on any atom is -0.338 e. The number of benzene rings is 3. The van der Waals surface area contributed by atoms with Gasteiger partial charge in [0.05, 0.1) is 26.6 Å². The number of nitrogens with one attached hydrogen (secondary N) is 1. The van der Waals surface area contributed by atoms with Crippen molar-refractivity contribution in [3.05, 3.63) is 87.4 Å². The number of aryl methyl sites for hydroxylation is 1. The Morgan fingerprint density at radius 3 is 2.48 bits per heavy atom. The number of H-pyrrole nitrogens is 1. The highest BCUT2D eigenvalue weighted by molar-refractivity contribution is 6.39. The zero-order valence-electron chi connectivity index (χ0n) is 14.6. The number of carbonyl (C=O) groups is 1. The number of aromatic amines is 1. The Bertz CT molecular complexity index is 1140. The summed E-state index contributed by atoms with van der Waals surface area (Å²) in [5, 5.41) is 1.05. The summed E-state index contributed by atoms with van der Waals surface area (Å²) in [5.74, 6) is 0.651. The average Bonchev–Trinajstić information content (AvgIpc) is 3.04. The molecule has 3 aromatic carbocycles. The quantitative estimate of drug-likeness (QED) is 0.414. The van der Waals surface area contributed by atoms with E-state index in [2.05, 4.69) is 9.97 Å². The van der Waals surface area contributed by atoms with E-state index in [1.165, 1.54) is 0 Å². The average molecular weight is 395 g/mol. The van der Waals surface area contributed by atoms with E-state index in [0.717, 1.165) is 22.2 Å². The van der Waals surface area contributed by atoms with E-state index in [0.29, 0.717) is 33.4 Å². The molecule has 0 radical (unpaired) electrons. The second-order valence-electron chi connectivity index (χ2n) is 6.50. The number of nitrogens with zero attached hydrogens (tertiary/aromatic N) is 1. The molecular weight excluding hydrogens is 379 g/mol. The number of hydrogen-bond donors (Lipinski definition) is 1. The maximum atomic E-state index is 12.7. The Balaban J connectivity index is 1.68. The molecule has 0 bridgehead atoms. The summed E-state index contributed by atoms with van der Waals surface area (Å²) in [6.45, 7) is 2.02. The number of ketones is 1. The number of fused-ring (bicyclic) bond motifs is 1. The normalized spacial score (nSPS) is 11.1. The van der Waals surface area contributed by atoms with Gasteiger partial charge in [-0.15, -0.1) is 0 Å². The van der Waals surface area contributed by atoms with Crippen molar-refractivity contribution < 1.29 is 4.79 Å². The first kappa shape index (κ1) is 17.8. The predicted octanol–water partition coefficient (Wildman–Crippen LogP) is 6.27. The summed E-state index contributed by atoms with van der Waals surface area (Å²) >= 11 is 12.6. The fraction of sp³-hybridized carbons (Fsp3) is 0.0909. The van der Waals surface area contributed by atoms with Gasteiger partial charge >= 0.3 is 0 Å².